The maximum absolute atomic E-state index is 12.1. The van der Waals surface area contributed by atoms with Crippen molar-refractivity contribution in [3.63, 3.8) is 0 Å². The Hall–Kier alpha value is -3.88. The van der Waals surface area contributed by atoms with Crippen LogP contribution < -0.4 is 19.8 Å². The van der Waals surface area contributed by atoms with E-state index in [4.69, 9.17) is 23.4 Å². The van der Waals surface area contributed by atoms with Gasteiger partial charge in [-0.15, -0.1) is 0 Å². The first-order valence-corrected chi connectivity index (χ1v) is 11.4. The van der Waals surface area contributed by atoms with Gasteiger partial charge in [0.2, 0.25) is 6.29 Å². The van der Waals surface area contributed by atoms with Crippen molar-refractivity contribution in [2.45, 2.75) is 43.2 Å². The molecule has 2 heterocycles. The smallest absolute Gasteiger partial charge is 0.345 e. The molecule has 6 N–H and O–H groups in total. The molecule has 0 aliphatic carbocycles. The minimum absolute atomic E-state index is 0.0160. The lowest BCUT2D eigenvalue weighted by molar-refractivity contribution is -0.277. The molecule has 1 aliphatic heterocycles. The number of ether oxygens (including phenoxy) is 4. The number of carboxylic acid groups (broad SMARTS) is 1. The molecule has 0 spiro atoms. The standard InChI is InChI=1S/C25H26O13/c1-34-17-6-12(16(9-14(17)27)37-25-23(31)22(30)21(29)19(10-26)38-25)7-18(24(32)33)35-13-4-2-11-3-5-20(28)36-15(11)8-13/h2-6,8-9,18-19,21-23,25-27,29-31H,7,10H2,1H3,(H,32,33)/t18?,19-,21-,22+,23-,25-/m1/s1. The van der Waals surface area contributed by atoms with Crippen molar-refractivity contribution in [1.82, 2.24) is 0 Å². The van der Waals surface area contributed by atoms with Crippen molar-refractivity contribution >= 4 is 16.9 Å². The number of phenols is 1. The van der Waals surface area contributed by atoms with Crippen molar-refractivity contribution in [2.75, 3.05) is 13.7 Å². The molecule has 0 bridgehead atoms. The summed E-state index contributed by atoms with van der Waals surface area (Å²) < 4.78 is 26.9. The summed E-state index contributed by atoms with van der Waals surface area (Å²) in [5.74, 6) is -1.80. The van der Waals surface area contributed by atoms with Gasteiger partial charge in [-0.25, -0.2) is 9.59 Å². The first-order chi connectivity index (χ1) is 18.1. The molecule has 1 aromatic heterocycles. The number of aliphatic hydroxyl groups excluding tert-OH is 4. The highest BCUT2D eigenvalue weighted by molar-refractivity contribution is 5.78. The van der Waals surface area contributed by atoms with Gasteiger partial charge in [-0.05, 0) is 24.3 Å². The summed E-state index contributed by atoms with van der Waals surface area (Å²) in [6.07, 6.45) is -9.77. The molecule has 1 aliphatic rings. The van der Waals surface area contributed by atoms with Crippen LogP contribution in [0.15, 0.2) is 51.7 Å². The van der Waals surface area contributed by atoms with Gasteiger partial charge < -0.3 is 54.0 Å². The number of hydrogen-bond donors (Lipinski definition) is 6. The van der Waals surface area contributed by atoms with Crippen LogP contribution in [0.1, 0.15) is 5.56 Å². The zero-order valence-electron chi connectivity index (χ0n) is 20.0. The van der Waals surface area contributed by atoms with Gasteiger partial charge in [0.05, 0.1) is 13.7 Å². The number of aliphatic carboxylic acids is 1. The van der Waals surface area contributed by atoms with Crippen LogP contribution in [-0.4, -0.2) is 87.1 Å². The minimum atomic E-state index is -1.75. The first kappa shape index (κ1) is 27.2. The van der Waals surface area contributed by atoms with Gasteiger partial charge in [0, 0.05) is 35.6 Å². The summed E-state index contributed by atoms with van der Waals surface area (Å²) in [6, 6.07) is 9.65. The molecule has 3 aromatic rings. The molecule has 0 amide bonds. The Bertz CT molecular complexity index is 1350. The quantitative estimate of drug-likeness (QED) is 0.196. The van der Waals surface area contributed by atoms with E-state index < -0.39 is 55.0 Å². The summed E-state index contributed by atoms with van der Waals surface area (Å²) >= 11 is 0. The number of benzene rings is 2. The van der Waals surface area contributed by atoms with E-state index in [1.165, 1.54) is 31.4 Å². The number of carbonyl (C=O) groups is 1. The van der Waals surface area contributed by atoms with Crippen LogP contribution in [0.3, 0.4) is 0 Å². The van der Waals surface area contributed by atoms with E-state index in [0.717, 1.165) is 6.07 Å². The average Bonchev–Trinajstić information content (AvgIpc) is 2.89. The fourth-order valence-corrected chi connectivity index (χ4v) is 3.97. The normalized spacial score (nSPS) is 24.1. The molecule has 204 valence electrons. The van der Waals surface area contributed by atoms with Crippen LogP contribution in [0.4, 0.5) is 0 Å². The fraction of sp³-hybridized carbons (Fsp3) is 0.360. The number of fused-ring (bicyclic) bond motifs is 1. The second-order valence-electron chi connectivity index (χ2n) is 8.55. The minimum Gasteiger partial charge on any atom is -0.504 e. The molecular formula is C25H26O13. The zero-order chi connectivity index (χ0) is 27.6. The highest BCUT2D eigenvalue weighted by Crippen LogP contribution is 2.37. The molecule has 1 unspecified atom stereocenters. The fourth-order valence-electron chi connectivity index (χ4n) is 3.97. The molecule has 1 saturated heterocycles. The van der Waals surface area contributed by atoms with Gasteiger partial charge in [0.15, 0.2) is 17.6 Å². The van der Waals surface area contributed by atoms with E-state index >= 15 is 0 Å². The van der Waals surface area contributed by atoms with E-state index in [-0.39, 0.29) is 40.6 Å². The number of phenolic OH excluding ortho intramolecular Hbond substituents is 1. The van der Waals surface area contributed by atoms with Crippen molar-refractivity contribution in [1.29, 1.82) is 0 Å². The van der Waals surface area contributed by atoms with Crippen LogP contribution in [0.25, 0.3) is 11.0 Å². The number of aromatic hydroxyl groups is 1. The number of aliphatic hydroxyl groups is 4. The molecular weight excluding hydrogens is 508 g/mol. The van der Waals surface area contributed by atoms with Gasteiger partial charge >= 0.3 is 11.6 Å². The second-order valence-corrected chi connectivity index (χ2v) is 8.55. The van der Waals surface area contributed by atoms with Gasteiger partial charge in [-0.2, -0.15) is 0 Å². The largest absolute Gasteiger partial charge is 0.504 e. The molecule has 2 aromatic carbocycles. The molecule has 0 saturated carbocycles. The molecule has 13 nitrogen and oxygen atoms in total. The van der Waals surface area contributed by atoms with E-state index in [9.17, 15) is 40.2 Å². The summed E-state index contributed by atoms with van der Waals surface area (Å²) in [6.45, 7) is -0.688. The highest BCUT2D eigenvalue weighted by Gasteiger charge is 2.45. The predicted molar refractivity (Wildman–Crippen MR) is 127 cm³/mol. The molecule has 38 heavy (non-hydrogen) atoms. The van der Waals surface area contributed by atoms with E-state index in [0.29, 0.717) is 5.39 Å². The van der Waals surface area contributed by atoms with E-state index in [1.807, 2.05) is 0 Å². The summed E-state index contributed by atoms with van der Waals surface area (Å²) in [5.41, 5.74) is -0.246. The first-order valence-electron chi connectivity index (χ1n) is 11.4. The summed E-state index contributed by atoms with van der Waals surface area (Å²) in [7, 11) is 1.28. The Morgan fingerprint density at radius 2 is 1.76 bits per heavy atom. The number of carboxylic acids is 1. The maximum atomic E-state index is 12.1. The van der Waals surface area contributed by atoms with Crippen LogP contribution in [0.5, 0.6) is 23.0 Å². The van der Waals surface area contributed by atoms with Gasteiger partial charge in [-0.1, -0.05) is 0 Å². The monoisotopic (exact) mass is 534 g/mol. The van der Waals surface area contributed by atoms with Crippen LogP contribution in [-0.2, 0) is 16.0 Å². The Kier molecular flexibility index (Phi) is 8.04. The molecule has 4 rings (SSSR count). The third kappa shape index (κ3) is 5.66. The lowest BCUT2D eigenvalue weighted by Gasteiger charge is -2.39. The maximum Gasteiger partial charge on any atom is 0.345 e. The van der Waals surface area contributed by atoms with Crippen molar-refractivity contribution in [3.05, 3.63) is 58.4 Å². The van der Waals surface area contributed by atoms with Crippen molar-refractivity contribution < 1.29 is 58.8 Å². The third-order valence-corrected chi connectivity index (χ3v) is 6.01. The Labute approximate surface area is 214 Å². The number of methoxy groups -OCH3 is 1. The van der Waals surface area contributed by atoms with Crippen LogP contribution in [0.2, 0.25) is 0 Å². The molecule has 1 fully saturated rings. The van der Waals surface area contributed by atoms with Gasteiger partial charge in [0.25, 0.3) is 0 Å². The molecule has 13 heteroatoms. The molecule has 6 atom stereocenters. The lowest BCUT2D eigenvalue weighted by atomic mass is 9.99. The Morgan fingerprint density at radius 3 is 2.45 bits per heavy atom. The lowest BCUT2D eigenvalue weighted by Crippen LogP contribution is -2.60. The van der Waals surface area contributed by atoms with Crippen LogP contribution >= 0.6 is 0 Å². The topological polar surface area (TPSA) is 206 Å². The summed E-state index contributed by atoms with van der Waals surface area (Å²) in [5, 5.41) is 60.5. The predicted octanol–water partition coefficient (Wildman–Crippen LogP) is -0.239. The summed E-state index contributed by atoms with van der Waals surface area (Å²) in [4.78, 5) is 23.6. The Balaban J connectivity index is 1.63. The second kappa shape index (κ2) is 11.2. The Morgan fingerprint density at radius 1 is 1.03 bits per heavy atom. The van der Waals surface area contributed by atoms with Crippen molar-refractivity contribution in [2.24, 2.45) is 0 Å². The van der Waals surface area contributed by atoms with E-state index in [1.54, 1.807) is 12.1 Å². The number of rotatable bonds is 9. The average molecular weight is 534 g/mol. The van der Waals surface area contributed by atoms with Crippen LogP contribution in [0, 0.1) is 0 Å². The van der Waals surface area contributed by atoms with Gasteiger partial charge in [0.1, 0.15) is 41.5 Å². The van der Waals surface area contributed by atoms with E-state index in [2.05, 4.69) is 0 Å². The zero-order valence-corrected chi connectivity index (χ0v) is 20.0. The molecule has 0 radical (unpaired) electrons. The third-order valence-electron chi connectivity index (χ3n) is 6.01. The highest BCUT2D eigenvalue weighted by atomic mass is 16.7. The van der Waals surface area contributed by atoms with Gasteiger partial charge in [-0.3, -0.25) is 0 Å². The van der Waals surface area contributed by atoms with Crippen molar-refractivity contribution in [3.8, 4) is 23.0 Å². The number of hydrogen-bond acceptors (Lipinski definition) is 12. The SMILES string of the molecule is COc1cc(CC(Oc2ccc3ccc(=O)oc3c2)C(=O)O)c(O[C@@H]2O[C@H](CO)[C@@H](O)[C@H](O)[C@H]2O)cc1O.